The summed E-state index contributed by atoms with van der Waals surface area (Å²) in [6.45, 7) is 1.11. The first-order chi connectivity index (χ1) is 14.4. The summed E-state index contributed by atoms with van der Waals surface area (Å²) in [6.07, 6.45) is 1.62. The standard InChI is InChI=1S/C19H23N3O6S2/c1-26-14-6-5-12(10-16(14)27-2)30(24,25)22-8-7-13-17(11-22)29-19(20-13)21-18(23)15-4-3-9-28-15/h5-6,10,15H,3-4,7-9,11H2,1-2H3,(H,20,21,23). The largest absolute Gasteiger partial charge is 0.493 e. The van der Waals surface area contributed by atoms with E-state index >= 15 is 0 Å². The molecule has 3 heterocycles. The van der Waals surface area contributed by atoms with Gasteiger partial charge in [0.05, 0.1) is 31.4 Å². The van der Waals surface area contributed by atoms with E-state index in [4.69, 9.17) is 14.2 Å². The molecule has 2 aliphatic rings. The van der Waals surface area contributed by atoms with E-state index in [9.17, 15) is 13.2 Å². The molecule has 2 aliphatic heterocycles. The summed E-state index contributed by atoms with van der Waals surface area (Å²) in [4.78, 5) is 17.7. The molecule has 1 N–H and O–H groups in total. The average Bonchev–Trinajstić information content (AvgIpc) is 3.42. The fourth-order valence-corrected chi connectivity index (χ4v) is 6.06. The second-order valence-electron chi connectivity index (χ2n) is 6.99. The molecule has 1 aromatic heterocycles. The van der Waals surface area contributed by atoms with E-state index in [1.165, 1.54) is 42.0 Å². The Morgan fingerprint density at radius 2 is 2.10 bits per heavy atom. The van der Waals surface area contributed by atoms with Crippen molar-refractivity contribution < 1.29 is 27.4 Å². The van der Waals surface area contributed by atoms with Crippen molar-refractivity contribution in [1.29, 1.82) is 0 Å². The number of methoxy groups -OCH3 is 2. The molecule has 2 aromatic rings. The van der Waals surface area contributed by atoms with E-state index in [2.05, 4.69) is 10.3 Å². The van der Waals surface area contributed by atoms with Crippen LogP contribution in [0.5, 0.6) is 11.5 Å². The Bertz CT molecular complexity index is 1050. The number of rotatable bonds is 6. The van der Waals surface area contributed by atoms with Gasteiger partial charge in [0.2, 0.25) is 10.0 Å². The number of ether oxygens (including phenoxy) is 3. The summed E-state index contributed by atoms with van der Waals surface area (Å²) in [6, 6.07) is 4.54. The van der Waals surface area contributed by atoms with Crippen LogP contribution in [0.25, 0.3) is 0 Å². The van der Waals surface area contributed by atoms with Gasteiger partial charge in [-0.15, -0.1) is 11.3 Å². The van der Waals surface area contributed by atoms with Crippen LogP contribution in [0.3, 0.4) is 0 Å². The summed E-state index contributed by atoms with van der Waals surface area (Å²) in [5.74, 6) is 0.619. The Morgan fingerprint density at radius 1 is 1.30 bits per heavy atom. The van der Waals surface area contributed by atoms with Crippen LogP contribution in [0.1, 0.15) is 23.4 Å². The van der Waals surface area contributed by atoms with Crippen LogP contribution in [-0.4, -0.2) is 57.1 Å². The van der Waals surface area contributed by atoms with Crippen LogP contribution in [-0.2, 0) is 32.5 Å². The third-order valence-corrected chi connectivity index (χ3v) is 7.98. The van der Waals surface area contributed by atoms with E-state index in [0.29, 0.717) is 42.6 Å². The van der Waals surface area contributed by atoms with Crippen molar-refractivity contribution in [1.82, 2.24) is 9.29 Å². The second-order valence-corrected chi connectivity index (χ2v) is 10.0. The van der Waals surface area contributed by atoms with E-state index in [1.54, 1.807) is 6.07 Å². The van der Waals surface area contributed by atoms with Crippen molar-refractivity contribution in [2.45, 2.75) is 36.8 Å². The minimum Gasteiger partial charge on any atom is -0.493 e. The Balaban J connectivity index is 1.51. The Hall–Kier alpha value is -2.21. The van der Waals surface area contributed by atoms with Crippen molar-refractivity contribution in [2.24, 2.45) is 0 Å². The molecule has 0 spiro atoms. The number of hydrogen-bond acceptors (Lipinski definition) is 8. The quantitative estimate of drug-likeness (QED) is 0.713. The maximum Gasteiger partial charge on any atom is 0.255 e. The molecule has 1 amide bonds. The van der Waals surface area contributed by atoms with Crippen LogP contribution < -0.4 is 14.8 Å². The molecule has 9 nitrogen and oxygen atoms in total. The fraction of sp³-hybridized carbons (Fsp3) is 0.474. The lowest BCUT2D eigenvalue weighted by Crippen LogP contribution is -2.35. The van der Waals surface area contributed by atoms with E-state index in [0.717, 1.165) is 17.0 Å². The highest BCUT2D eigenvalue weighted by atomic mass is 32.2. The van der Waals surface area contributed by atoms with Gasteiger partial charge in [-0.05, 0) is 25.0 Å². The third kappa shape index (κ3) is 4.02. The minimum absolute atomic E-state index is 0.139. The second kappa shape index (κ2) is 8.50. The van der Waals surface area contributed by atoms with Crippen LogP contribution in [0, 0.1) is 0 Å². The molecular weight excluding hydrogens is 430 g/mol. The number of benzene rings is 1. The monoisotopic (exact) mass is 453 g/mol. The highest BCUT2D eigenvalue weighted by Crippen LogP contribution is 2.34. The molecule has 0 radical (unpaired) electrons. The Labute approximate surface area is 179 Å². The van der Waals surface area contributed by atoms with Crippen molar-refractivity contribution in [3.63, 3.8) is 0 Å². The van der Waals surface area contributed by atoms with Gasteiger partial charge in [-0.1, -0.05) is 0 Å². The molecule has 30 heavy (non-hydrogen) atoms. The van der Waals surface area contributed by atoms with Gasteiger partial charge >= 0.3 is 0 Å². The number of amides is 1. The average molecular weight is 454 g/mol. The first-order valence-electron chi connectivity index (χ1n) is 9.55. The zero-order valence-electron chi connectivity index (χ0n) is 16.7. The van der Waals surface area contributed by atoms with E-state index in [-0.39, 0.29) is 17.3 Å². The predicted molar refractivity (Wildman–Crippen MR) is 111 cm³/mol. The molecule has 0 aliphatic carbocycles. The van der Waals surface area contributed by atoms with Crippen molar-refractivity contribution in [2.75, 3.05) is 32.7 Å². The van der Waals surface area contributed by atoms with E-state index < -0.39 is 16.1 Å². The Kier molecular flexibility index (Phi) is 5.96. The molecule has 0 bridgehead atoms. The van der Waals surface area contributed by atoms with Gasteiger partial charge in [0.15, 0.2) is 16.6 Å². The smallest absolute Gasteiger partial charge is 0.255 e. The highest BCUT2D eigenvalue weighted by Gasteiger charge is 2.32. The van der Waals surface area contributed by atoms with Gasteiger partial charge in [-0.3, -0.25) is 10.1 Å². The fourth-order valence-electron chi connectivity index (χ4n) is 3.53. The number of carbonyl (C=O) groups excluding carboxylic acids is 1. The molecule has 1 saturated heterocycles. The van der Waals surface area contributed by atoms with Crippen LogP contribution in [0.4, 0.5) is 5.13 Å². The lowest BCUT2D eigenvalue weighted by molar-refractivity contribution is -0.124. The van der Waals surface area contributed by atoms with Gasteiger partial charge in [0, 0.05) is 30.5 Å². The lowest BCUT2D eigenvalue weighted by atomic mass is 10.2. The number of aromatic nitrogens is 1. The minimum atomic E-state index is -3.72. The molecule has 1 unspecified atom stereocenters. The number of hydrogen-bond donors (Lipinski definition) is 1. The topological polar surface area (TPSA) is 107 Å². The number of thiazole rings is 1. The zero-order chi connectivity index (χ0) is 21.3. The first kappa shape index (κ1) is 21.0. The van der Waals surface area contributed by atoms with Gasteiger partial charge in [0.25, 0.3) is 5.91 Å². The van der Waals surface area contributed by atoms with Crippen molar-refractivity contribution >= 4 is 32.4 Å². The predicted octanol–water partition coefficient (Wildman–Crippen LogP) is 2.02. The van der Waals surface area contributed by atoms with Crippen LogP contribution in [0.2, 0.25) is 0 Å². The zero-order valence-corrected chi connectivity index (χ0v) is 18.3. The van der Waals surface area contributed by atoms with Gasteiger partial charge in [-0.2, -0.15) is 4.31 Å². The number of carbonyl (C=O) groups is 1. The van der Waals surface area contributed by atoms with Crippen LogP contribution in [0.15, 0.2) is 23.1 Å². The Morgan fingerprint density at radius 3 is 2.80 bits per heavy atom. The SMILES string of the molecule is COc1ccc(S(=O)(=O)N2CCc3nc(NC(=O)C4CCCO4)sc3C2)cc1OC. The molecule has 162 valence electrons. The molecule has 11 heteroatoms. The number of anilines is 1. The lowest BCUT2D eigenvalue weighted by Gasteiger charge is -2.25. The summed E-state index contributed by atoms with van der Waals surface area (Å²) in [5, 5.41) is 3.28. The number of nitrogens with zero attached hydrogens (tertiary/aromatic N) is 2. The normalized spacial score (nSPS) is 19.3. The molecule has 1 atom stereocenters. The summed E-state index contributed by atoms with van der Waals surface area (Å²) in [7, 11) is -0.759. The maximum atomic E-state index is 13.2. The number of fused-ring (bicyclic) bond motifs is 1. The van der Waals surface area contributed by atoms with Gasteiger partial charge < -0.3 is 14.2 Å². The van der Waals surface area contributed by atoms with E-state index in [1.807, 2.05) is 0 Å². The van der Waals surface area contributed by atoms with Crippen LogP contribution >= 0.6 is 11.3 Å². The van der Waals surface area contributed by atoms with Crippen molar-refractivity contribution in [3.05, 3.63) is 28.8 Å². The number of nitrogens with one attached hydrogen (secondary N) is 1. The summed E-state index contributed by atoms with van der Waals surface area (Å²) in [5.41, 5.74) is 0.821. The van der Waals surface area contributed by atoms with Crippen molar-refractivity contribution in [3.8, 4) is 11.5 Å². The number of sulfonamides is 1. The molecular formula is C19H23N3O6S2. The highest BCUT2D eigenvalue weighted by molar-refractivity contribution is 7.89. The first-order valence-corrected chi connectivity index (χ1v) is 11.8. The summed E-state index contributed by atoms with van der Waals surface area (Å²) < 4.78 is 43.5. The summed E-state index contributed by atoms with van der Waals surface area (Å²) >= 11 is 1.30. The molecule has 1 aromatic carbocycles. The maximum absolute atomic E-state index is 13.2. The third-order valence-electron chi connectivity index (χ3n) is 5.14. The van der Waals surface area contributed by atoms with Gasteiger partial charge in [-0.25, -0.2) is 13.4 Å². The van der Waals surface area contributed by atoms with Gasteiger partial charge in [0.1, 0.15) is 6.10 Å². The molecule has 0 saturated carbocycles. The molecule has 1 fully saturated rings. The molecule has 4 rings (SSSR count).